The average Bonchev–Trinajstić information content (AvgIpc) is 2.87. The van der Waals surface area contributed by atoms with E-state index in [0.29, 0.717) is 18.2 Å². The Labute approximate surface area is 106 Å². The Kier molecular flexibility index (Phi) is 2.81. The fourth-order valence-corrected chi connectivity index (χ4v) is 2.56. The summed E-state index contributed by atoms with van der Waals surface area (Å²) in [4.78, 5) is 4.41. The van der Waals surface area contributed by atoms with Crippen LogP contribution in [0.15, 0.2) is 24.3 Å². The SMILES string of the molecule is N#CCc1nc(C2CCc3ccccc3C2)n[nH]1. The Bertz CT molecular complexity index is 594. The molecule has 90 valence electrons. The lowest BCUT2D eigenvalue weighted by Crippen LogP contribution is -2.13. The first-order chi connectivity index (χ1) is 8.86. The van der Waals surface area contributed by atoms with E-state index in [1.807, 2.05) is 0 Å². The van der Waals surface area contributed by atoms with E-state index in [9.17, 15) is 0 Å². The molecule has 3 rings (SSSR count). The summed E-state index contributed by atoms with van der Waals surface area (Å²) < 4.78 is 0. The molecular formula is C14H14N4. The third kappa shape index (κ3) is 2.00. The molecule has 0 amide bonds. The van der Waals surface area contributed by atoms with Crippen molar-refractivity contribution >= 4 is 0 Å². The van der Waals surface area contributed by atoms with E-state index in [2.05, 4.69) is 45.5 Å². The summed E-state index contributed by atoms with van der Waals surface area (Å²) in [7, 11) is 0. The molecule has 1 N–H and O–H groups in total. The predicted octanol–water partition coefficient (Wildman–Crippen LogP) is 2.14. The van der Waals surface area contributed by atoms with Gasteiger partial charge in [0, 0.05) is 5.92 Å². The molecule has 0 aliphatic heterocycles. The molecule has 0 fully saturated rings. The van der Waals surface area contributed by atoms with Gasteiger partial charge in [-0.3, -0.25) is 5.10 Å². The van der Waals surface area contributed by atoms with Crippen LogP contribution in [0.4, 0.5) is 0 Å². The van der Waals surface area contributed by atoms with Gasteiger partial charge in [-0.1, -0.05) is 24.3 Å². The van der Waals surface area contributed by atoms with Crippen LogP contribution < -0.4 is 0 Å². The first-order valence-electron chi connectivity index (χ1n) is 6.21. The number of aromatic amines is 1. The lowest BCUT2D eigenvalue weighted by atomic mass is 9.83. The molecule has 0 spiro atoms. The Balaban J connectivity index is 1.81. The molecule has 4 nitrogen and oxygen atoms in total. The summed E-state index contributed by atoms with van der Waals surface area (Å²) in [5.41, 5.74) is 2.85. The lowest BCUT2D eigenvalue weighted by molar-refractivity contribution is 0.557. The predicted molar refractivity (Wildman–Crippen MR) is 66.9 cm³/mol. The second kappa shape index (κ2) is 4.61. The van der Waals surface area contributed by atoms with Crippen molar-refractivity contribution in [2.75, 3.05) is 0 Å². The molecule has 4 heteroatoms. The quantitative estimate of drug-likeness (QED) is 0.871. The number of hydrogen-bond donors (Lipinski definition) is 1. The van der Waals surface area contributed by atoms with Gasteiger partial charge in [0.2, 0.25) is 0 Å². The maximum atomic E-state index is 8.63. The highest BCUT2D eigenvalue weighted by atomic mass is 15.2. The minimum Gasteiger partial charge on any atom is -0.262 e. The number of fused-ring (bicyclic) bond motifs is 1. The molecule has 0 saturated carbocycles. The van der Waals surface area contributed by atoms with Gasteiger partial charge in [-0.05, 0) is 30.4 Å². The second-order valence-corrected chi connectivity index (χ2v) is 4.68. The summed E-state index contributed by atoms with van der Waals surface area (Å²) >= 11 is 0. The minimum atomic E-state index is 0.302. The van der Waals surface area contributed by atoms with E-state index in [0.717, 1.165) is 25.1 Å². The van der Waals surface area contributed by atoms with Crippen LogP contribution in [-0.2, 0) is 19.3 Å². The number of aromatic nitrogens is 3. The number of H-pyrrole nitrogens is 1. The highest BCUT2D eigenvalue weighted by Crippen LogP contribution is 2.30. The first-order valence-corrected chi connectivity index (χ1v) is 6.21. The summed E-state index contributed by atoms with van der Waals surface area (Å²) in [5, 5.41) is 15.7. The smallest absolute Gasteiger partial charge is 0.154 e. The topological polar surface area (TPSA) is 65.4 Å². The number of hydrogen-bond acceptors (Lipinski definition) is 3. The van der Waals surface area contributed by atoms with E-state index in [1.54, 1.807) is 0 Å². The number of nitrogens with one attached hydrogen (secondary N) is 1. The number of aryl methyl sites for hydroxylation is 1. The fraction of sp³-hybridized carbons (Fsp3) is 0.357. The number of nitrogens with zero attached hydrogens (tertiary/aromatic N) is 3. The van der Waals surface area contributed by atoms with Crippen molar-refractivity contribution in [3.63, 3.8) is 0 Å². The molecule has 2 aromatic rings. The van der Waals surface area contributed by atoms with Crippen LogP contribution in [0, 0.1) is 11.3 Å². The molecule has 0 bridgehead atoms. The van der Waals surface area contributed by atoms with Gasteiger partial charge >= 0.3 is 0 Å². The molecule has 1 atom stereocenters. The van der Waals surface area contributed by atoms with Gasteiger partial charge in [-0.25, -0.2) is 4.98 Å². The van der Waals surface area contributed by atoms with Crippen molar-refractivity contribution in [3.8, 4) is 6.07 Å². The van der Waals surface area contributed by atoms with Gasteiger partial charge in [0.1, 0.15) is 5.82 Å². The second-order valence-electron chi connectivity index (χ2n) is 4.68. The van der Waals surface area contributed by atoms with Gasteiger partial charge in [-0.15, -0.1) is 0 Å². The molecule has 0 radical (unpaired) electrons. The van der Waals surface area contributed by atoms with Crippen LogP contribution >= 0.6 is 0 Å². The van der Waals surface area contributed by atoms with Crippen LogP contribution in [0.5, 0.6) is 0 Å². The van der Waals surface area contributed by atoms with Crippen LogP contribution in [0.3, 0.4) is 0 Å². The largest absolute Gasteiger partial charge is 0.262 e. The van der Waals surface area contributed by atoms with Crippen molar-refractivity contribution in [2.24, 2.45) is 0 Å². The van der Waals surface area contributed by atoms with Crippen molar-refractivity contribution in [2.45, 2.75) is 31.6 Å². The molecule has 1 aromatic heterocycles. The van der Waals surface area contributed by atoms with E-state index in [1.165, 1.54) is 11.1 Å². The maximum Gasteiger partial charge on any atom is 0.154 e. The number of rotatable bonds is 2. The Morgan fingerprint density at radius 2 is 2.17 bits per heavy atom. The van der Waals surface area contributed by atoms with Gasteiger partial charge < -0.3 is 0 Å². The molecule has 18 heavy (non-hydrogen) atoms. The first kappa shape index (κ1) is 11.0. The van der Waals surface area contributed by atoms with Gasteiger partial charge in [0.15, 0.2) is 5.82 Å². The zero-order chi connectivity index (χ0) is 12.4. The molecule has 1 aromatic carbocycles. The number of benzene rings is 1. The third-order valence-corrected chi connectivity index (χ3v) is 3.51. The molecule has 1 heterocycles. The Morgan fingerprint density at radius 1 is 1.33 bits per heavy atom. The van der Waals surface area contributed by atoms with Crippen LogP contribution in [0.25, 0.3) is 0 Å². The Hall–Kier alpha value is -2.15. The fourth-order valence-electron chi connectivity index (χ4n) is 2.56. The lowest BCUT2D eigenvalue weighted by Gasteiger charge is -2.22. The van der Waals surface area contributed by atoms with Crippen molar-refractivity contribution in [1.29, 1.82) is 5.26 Å². The molecule has 0 saturated heterocycles. The number of nitriles is 1. The maximum absolute atomic E-state index is 8.63. The van der Waals surface area contributed by atoms with E-state index in [4.69, 9.17) is 5.26 Å². The van der Waals surface area contributed by atoms with Crippen molar-refractivity contribution in [1.82, 2.24) is 15.2 Å². The summed E-state index contributed by atoms with van der Waals surface area (Å²) in [5.74, 6) is 1.91. The zero-order valence-corrected chi connectivity index (χ0v) is 10.1. The summed E-state index contributed by atoms with van der Waals surface area (Å²) in [6, 6.07) is 10.6. The zero-order valence-electron chi connectivity index (χ0n) is 10.1. The van der Waals surface area contributed by atoms with Crippen LogP contribution in [0.2, 0.25) is 0 Å². The monoisotopic (exact) mass is 238 g/mol. The summed E-state index contributed by atoms with van der Waals surface area (Å²) in [6.45, 7) is 0. The molecule has 1 aliphatic rings. The molecular weight excluding hydrogens is 224 g/mol. The highest BCUT2D eigenvalue weighted by molar-refractivity contribution is 5.31. The highest BCUT2D eigenvalue weighted by Gasteiger charge is 2.22. The van der Waals surface area contributed by atoms with Gasteiger partial charge in [0.25, 0.3) is 0 Å². The standard InChI is InChI=1S/C14H14N4/c15-8-7-13-16-14(18-17-13)12-6-5-10-3-1-2-4-11(10)9-12/h1-4,12H,5-7,9H2,(H,16,17,18). The van der Waals surface area contributed by atoms with E-state index in [-0.39, 0.29) is 0 Å². The van der Waals surface area contributed by atoms with E-state index >= 15 is 0 Å². The van der Waals surface area contributed by atoms with E-state index < -0.39 is 0 Å². The average molecular weight is 238 g/mol. The normalized spacial score (nSPS) is 18.1. The molecule has 1 unspecified atom stereocenters. The van der Waals surface area contributed by atoms with Crippen LogP contribution in [0.1, 0.15) is 35.1 Å². The van der Waals surface area contributed by atoms with Crippen molar-refractivity contribution in [3.05, 3.63) is 47.0 Å². The minimum absolute atomic E-state index is 0.302. The third-order valence-electron chi connectivity index (χ3n) is 3.51. The van der Waals surface area contributed by atoms with Crippen LogP contribution in [-0.4, -0.2) is 15.2 Å². The van der Waals surface area contributed by atoms with Gasteiger partial charge in [-0.2, -0.15) is 10.4 Å². The molecule has 1 aliphatic carbocycles. The van der Waals surface area contributed by atoms with Gasteiger partial charge in [0.05, 0.1) is 12.5 Å². The van der Waals surface area contributed by atoms with Crippen molar-refractivity contribution < 1.29 is 0 Å². The Morgan fingerprint density at radius 3 is 3.00 bits per heavy atom. The summed E-state index contributed by atoms with van der Waals surface area (Å²) in [6.07, 6.45) is 3.47.